The van der Waals surface area contributed by atoms with Gasteiger partial charge in [0.25, 0.3) is 11.1 Å². The molecule has 5 rings (SSSR count). The van der Waals surface area contributed by atoms with E-state index in [1.54, 1.807) is 30.3 Å². The van der Waals surface area contributed by atoms with Gasteiger partial charge in [-0.2, -0.15) is 0 Å². The van der Waals surface area contributed by atoms with Gasteiger partial charge in [-0.05, 0) is 78.8 Å². The normalized spacial score (nSPS) is 13.1. The van der Waals surface area contributed by atoms with Crippen LogP contribution in [-0.2, 0) is 11.3 Å². The van der Waals surface area contributed by atoms with Gasteiger partial charge in [-0.3, -0.25) is 28.1 Å². The predicted molar refractivity (Wildman–Crippen MR) is 155 cm³/mol. The Labute approximate surface area is 234 Å². The van der Waals surface area contributed by atoms with E-state index in [1.807, 2.05) is 22.6 Å². The van der Waals surface area contributed by atoms with Crippen molar-refractivity contribution in [3.05, 3.63) is 88.6 Å². The zero-order valence-electron chi connectivity index (χ0n) is 21.1. The molecule has 10 nitrogen and oxygen atoms in total. The number of benzene rings is 2. The maximum atomic E-state index is 14.9. The van der Waals surface area contributed by atoms with Crippen LogP contribution in [0.1, 0.15) is 31.4 Å². The summed E-state index contributed by atoms with van der Waals surface area (Å²) in [5.74, 6) is -0.931. The molecule has 0 spiro atoms. The standard InChI is InChI=1S/C27H25FIN5O5/c1-14-23-22(24(32(10-11-35)25(14)37)31-21-9-6-16(29)12-20(21)28)26(38)34(18-7-8-18)27(39)33(23)19-5-3-4-17(13-19)30-15(2)36/h3-6,9,12-13,18,31,35H,7-8,10-11H2,1-2H3,(H,30,36). The number of pyridine rings is 1. The van der Waals surface area contributed by atoms with Crippen LogP contribution in [0.4, 0.5) is 21.6 Å². The average Bonchev–Trinajstić information content (AvgIpc) is 3.71. The molecule has 0 bridgehead atoms. The molecule has 2 aromatic carbocycles. The largest absolute Gasteiger partial charge is 0.395 e. The van der Waals surface area contributed by atoms with Crippen molar-refractivity contribution in [3.63, 3.8) is 0 Å². The van der Waals surface area contributed by atoms with Crippen LogP contribution in [0.25, 0.3) is 16.6 Å². The van der Waals surface area contributed by atoms with Gasteiger partial charge >= 0.3 is 5.69 Å². The summed E-state index contributed by atoms with van der Waals surface area (Å²) in [7, 11) is 0. The number of carbonyl (C=O) groups excluding carboxylic acids is 1. The second kappa shape index (κ2) is 10.4. The summed E-state index contributed by atoms with van der Waals surface area (Å²) in [5, 5.41) is 15.4. The Morgan fingerprint density at radius 1 is 1.13 bits per heavy atom. The molecule has 1 amide bonds. The molecule has 0 unspecified atom stereocenters. The van der Waals surface area contributed by atoms with Crippen LogP contribution in [0, 0.1) is 16.3 Å². The molecule has 202 valence electrons. The highest BCUT2D eigenvalue weighted by Crippen LogP contribution is 2.34. The lowest BCUT2D eigenvalue weighted by molar-refractivity contribution is -0.114. The van der Waals surface area contributed by atoms with Gasteiger partial charge in [-0.25, -0.2) is 9.18 Å². The van der Waals surface area contributed by atoms with Crippen LogP contribution in [0.3, 0.4) is 0 Å². The number of anilines is 3. The van der Waals surface area contributed by atoms with E-state index in [4.69, 9.17) is 0 Å². The second-order valence-corrected chi connectivity index (χ2v) is 10.6. The second-order valence-electron chi connectivity index (χ2n) is 9.38. The molecule has 0 aliphatic heterocycles. The first-order valence-electron chi connectivity index (χ1n) is 12.3. The van der Waals surface area contributed by atoms with Gasteiger partial charge in [-0.15, -0.1) is 0 Å². The number of nitrogens with zero attached hydrogens (tertiary/aromatic N) is 3. The highest BCUT2D eigenvalue weighted by atomic mass is 127. The number of aliphatic hydroxyl groups is 1. The van der Waals surface area contributed by atoms with Crippen molar-refractivity contribution < 1.29 is 14.3 Å². The minimum absolute atomic E-state index is 0.00919. The molecule has 4 aromatic rings. The fourth-order valence-corrected chi connectivity index (χ4v) is 5.17. The van der Waals surface area contributed by atoms with Crippen LogP contribution in [0.5, 0.6) is 0 Å². The molecule has 12 heteroatoms. The zero-order chi connectivity index (χ0) is 28.0. The summed E-state index contributed by atoms with van der Waals surface area (Å²) in [5.41, 5.74) is -0.842. The molecule has 0 atom stereocenters. The van der Waals surface area contributed by atoms with Crippen LogP contribution < -0.4 is 27.4 Å². The quantitative estimate of drug-likeness (QED) is 0.265. The number of hydrogen-bond acceptors (Lipinski definition) is 6. The van der Waals surface area contributed by atoms with Gasteiger partial charge in [0, 0.05) is 27.8 Å². The van der Waals surface area contributed by atoms with Crippen molar-refractivity contribution in [2.75, 3.05) is 17.2 Å². The molecule has 39 heavy (non-hydrogen) atoms. The first-order valence-corrected chi connectivity index (χ1v) is 13.4. The summed E-state index contributed by atoms with van der Waals surface area (Å²) in [6, 6.07) is 10.7. The number of carbonyl (C=O) groups is 1. The number of aliphatic hydroxyl groups excluding tert-OH is 1. The van der Waals surface area contributed by atoms with Gasteiger partial charge < -0.3 is 15.7 Å². The molecular weight excluding hydrogens is 620 g/mol. The van der Waals surface area contributed by atoms with E-state index in [-0.39, 0.29) is 46.5 Å². The van der Waals surface area contributed by atoms with E-state index in [0.717, 1.165) is 4.57 Å². The third-order valence-electron chi connectivity index (χ3n) is 6.56. The van der Waals surface area contributed by atoms with E-state index in [9.17, 15) is 28.7 Å². The molecule has 3 N–H and O–H groups in total. The molecule has 0 saturated heterocycles. The van der Waals surface area contributed by atoms with Crippen LogP contribution in [-0.4, -0.2) is 31.3 Å². The predicted octanol–water partition coefficient (Wildman–Crippen LogP) is 3.40. The topological polar surface area (TPSA) is 127 Å². The third kappa shape index (κ3) is 4.89. The lowest BCUT2D eigenvalue weighted by atomic mass is 10.1. The summed E-state index contributed by atoms with van der Waals surface area (Å²) < 4.78 is 19.2. The van der Waals surface area contributed by atoms with Crippen molar-refractivity contribution in [2.24, 2.45) is 0 Å². The van der Waals surface area contributed by atoms with Crippen molar-refractivity contribution in [1.29, 1.82) is 0 Å². The number of rotatable bonds is 7. The minimum atomic E-state index is -0.622. The minimum Gasteiger partial charge on any atom is -0.395 e. The Kier molecular flexibility index (Phi) is 7.16. The number of aryl methyl sites for hydroxylation is 1. The van der Waals surface area contributed by atoms with E-state index in [1.165, 1.54) is 35.1 Å². The van der Waals surface area contributed by atoms with Crippen LogP contribution >= 0.6 is 22.6 Å². The molecule has 1 aliphatic carbocycles. The number of aromatic nitrogens is 3. The van der Waals surface area contributed by atoms with Gasteiger partial charge in [-0.1, -0.05) is 6.07 Å². The molecule has 1 fully saturated rings. The molecule has 2 heterocycles. The molecule has 1 saturated carbocycles. The van der Waals surface area contributed by atoms with Crippen LogP contribution in [0.2, 0.25) is 0 Å². The number of nitrogens with one attached hydrogen (secondary N) is 2. The fraction of sp³-hybridized carbons (Fsp3) is 0.259. The lowest BCUT2D eigenvalue weighted by Crippen LogP contribution is -2.41. The Balaban J connectivity index is 1.93. The van der Waals surface area contributed by atoms with E-state index in [2.05, 4.69) is 10.6 Å². The monoisotopic (exact) mass is 645 g/mol. The molecular formula is C27H25FIN5O5. The van der Waals surface area contributed by atoms with E-state index in [0.29, 0.717) is 27.8 Å². The van der Waals surface area contributed by atoms with E-state index >= 15 is 0 Å². The number of hydrogen-bond donors (Lipinski definition) is 3. The van der Waals surface area contributed by atoms with Gasteiger partial charge in [0.15, 0.2) is 0 Å². The maximum Gasteiger partial charge on any atom is 0.336 e. The zero-order valence-corrected chi connectivity index (χ0v) is 23.3. The van der Waals surface area contributed by atoms with Gasteiger partial charge in [0.05, 0.1) is 30.0 Å². The highest BCUT2D eigenvalue weighted by Gasteiger charge is 2.32. The number of fused-ring (bicyclic) bond motifs is 1. The lowest BCUT2D eigenvalue weighted by Gasteiger charge is -2.22. The van der Waals surface area contributed by atoms with Crippen molar-refractivity contribution in [1.82, 2.24) is 13.7 Å². The Morgan fingerprint density at radius 2 is 1.87 bits per heavy atom. The summed E-state index contributed by atoms with van der Waals surface area (Å²) in [6.45, 7) is 2.28. The van der Waals surface area contributed by atoms with Crippen molar-refractivity contribution in [3.8, 4) is 5.69 Å². The first kappa shape index (κ1) is 26.8. The Morgan fingerprint density at radius 3 is 2.51 bits per heavy atom. The Bertz CT molecular complexity index is 1820. The molecule has 2 aromatic heterocycles. The average molecular weight is 645 g/mol. The maximum absolute atomic E-state index is 14.9. The number of amides is 1. The third-order valence-corrected chi connectivity index (χ3v) is 7.23. The van der Waals surface area contributed by atoms with Gasteiger partial charge in [0.1, 0.15) is 17.0 Å². The van der Waals surface area contributed by atoms with Crippen molar-refractivity contribution >= 4 is 56.6 Å². The summed E-state index contributed by atoms with van der Waals surface area (Å²) in [6.07, 6.45) is 1.27. The molecule has 1 aliphatic rings. The summed E-state index contributed by atoms with van der Waals surface area (Å²) in [4.78, 5) is 53.1. The van der Waals surface area contributed by atoms with Gasteiger partial charge in [0.2, 0.25) is 5.91 Å². The van der Waals surface area contributed by atoms with E-state index < -0.39 is 29.2 Å². The Hall–Kier alpha value is -3.78. The smallest absolute Gasteiger partial charge is 0.336 e. The number of halogens is 2. The first-order chi connectivity index (χ1) is 18.6. The highest BCUT2D eigenvalue weighted by molar-refractivity contribution is 14.1. The summed E-state index contributed by atoms with van der Waals surface area (Å²) >= 11 is 1.97. The van der Waals surface area contributed by atoms with Crippen LogP contribution in [0.15, 0.2) is 56.8 Å². The SMILES string of the molecule is CC(=O)Nc1cccc(-n2c(=O)n(C3CC3)c(=O)c3c(Nc4ccc(I)cc4F)n(CCO)c(=O)c(C)c32)c1. The van der Waals surface area contributed by atoms with Crippen molar-refractivity contribution in [2.45, 2.75) is 39.3 Å². The molecule has 0 radical (unpaired) electrons. The fourth-order valence-electron chi connectivity index (χ4n) is 4.71.